The van der Waals surface area contributed by atoms with Crippen molar-refractivity contribution in [3.8, 4) is 0 Å². The fourth-order valence-electron chi connectivity index (χ4n) is 2.69. The maximum absolute atomic E-state index is 11.0. The van der Waals surface area contributed by atoms with Crippen molar-refractivity contribution in [2.45, 2.75) is 25.9 Å². The Bertz CT molecular complexity index is 654. The second-order valence-corrected chi connectivity index (χ2v) is 5.94. The van der Waals surface area contributed by atoms with Crippen molar-refractivity contribution < 1.29 is 4.79 Å². The van der Waals surface area contributed by atoms with Crippen LogP contribution in [0.3, 0.4) is 0 Å². The van der Waals surface area contributed by atoms with Crippen LogP contribution in [-0.2, 0) is 11.3 Å². The summed E-state index contributed by atoms with van der Waals surface area (Å²) in [6.45, 7) is 4.22. The largest absolute Gasteiger partial charge is 0.309 e. The van der Waals surface area contributed by atoms with Crippen LogP contribution < -0.4 is 5.32 Å². The van der Waals surface area contributed by atoms with Gasteiger partial charge in [0.05, 0.1) is 16.8 Å². The van der Waals surface area contributed by atoms with Crippen LogP contribution in [0.1, 0.15) is 25.1 Å². The topological polar surface area (TPSA) is 63.1 Å². The molecule has 3 rings (SSSR count). The second kappa shape index (κ2) is 6.46. The van der Waals surface area contributed by atoms with Gasteiger partial charge in [-0.05, 0) is 18.6 Å². The van der Waals surface area contributed by atoms with Gasteiger partial charge >= 0.3 is 0 Å². The Hall–Kier alpha value is -1.92. The molecule has 116 valence electrons. The van der Waals surface area contributed by atoms with Crippen LogP contribution in [0.25, 0.3) is 0 Å². The highest BCUT2D eigenvalue weighted by Crippen LogP contribution is 2.23. The molecule has 1 saturated heterocycles. The number of nitrogens with one attached hydrogen (secondary N) is 1. The van der Waals surface area contributed by atoms with Gasteiger partial charge < -0.3 is 5.32 Å². The summed E-state index contributed by atoms with van der Waals surface area (Å²) in [5.41, 5.74) is 1.02. The van der Waals surface area contributed by atoms with E-state index < -0.39 is 0 Å². The lowest BCUT2D eigenvalue weighted by Crippen LogP contribution is -2.22. The van der Waals surface area contributed by atoms with Crippen molar-refractivity contribution in [2.75, 3.05) is 18.4 Å². The molecule has 2 aromatic heterocycles. The fraction of sp³-hybridized carbons (Fsp3) is 0.400. The SMILES string of the molecule is CC(=O)Nc1ccn([C@H]2CCN(Cc3ccc(Cl)cn3)C2)n1. The highest BCUT2D eigenvalue weighted by atomic mass is 35.5. The first-order chi connectivity index (χ1) is 10.6. The van der Waals surface area contributed by atoms with Gasteiger partial charge in [0.1, 0.15) is 0 Å². The summed E-state index contributed by atoms with van der Waals surface area (Å²) in [6.07, 6.45) is 4.63. The third-order valence-corrected chi connectivity index (χ3v) is 3.93. The first-order valence-corrected chi connectivity index (χ1v) is 7.63. The summed E-state index contributed by atoms with van der Waals surface area (Å²) in [5, 5.41) is 7.77. The minimum atomic E-state index is -0.105. The first kappa shape index (κ1) is 15.0. The minimum Gasteiger partial charge on any atom is -0.309 e. The molecule has 1 aliphatic heterocycles. The van der Waals surface area contributed by atoms with Gasteiger partial charge in [0.2, 0.25) is 5.91 Å². The summed E-state index contributed by atoms with van der Waals surface area (Å²) < 4.78 is 1.93. The summed E-state index contributed by atoms with van der Waals surface area (Å²) in [4.78, 5) is 17.7. The molecule has 0 spiro atoms. The van der Waals surface area contributed by atoms with E-state index in [1.807, 2.05) is 29.1 Å². The van der Waals surface area contributed by atoms with Gasteiger partial charge in [0.15, 0.2) is 5.82 Å². The zero-order valence-electron chi connectivity index (χ0n) is 12.4. The van der Waals surface area contributed by atoms with E-state index in [9.17, 15) is 4.79 Å². The molecular formula is C15H18ClN5O. The quantitative estimate of drug-likeness (QED) is 0.939. The molecule has 0 bridgehead atoms. The normalized spacial score (nSPS) is 18.5. The van der Waals surface area contributed by atoms with Crippen molar-refractivity contribution >= 4 is 23.3 Å². The van der Waals surface area contributed by atoms with Crippen molar-refractivity contribution in [2.24, 2.45) is 0 Å². The van der Waals surface area contributed by atoms with Crippen LogP contribution in [0.2, 0.25) is 5.02 Å². The summed E-state index contributed by atoms with van der Waals surface area (Å²) in [7, 11) is 0. The Labute approximate surface area is 134 Å². The smallest absolute Gasteiger partial charge is 0.222 e. The number of halogens is 1. The van der Waals surface area contributed by atoms with Crippen molar-refractivity contribution in [1.29, 1.82) is 0 Å². The zero-order chi connectivity index (χ0) is 15.5. The van der Waals surface area contributed by atoms with E-state index in [0.717, 1.165) is 31.7 Å². The molecule has 0 unspecified atom stereocenters. The van der Waals surface area contributed by atoms with Crippen molar-refractivity contribution in [1.82, 2.24) is 19.7 Å². The standard InChI is InChI=1S/C15H18ClN5O/c1-11(22)18-15-5-7-21(19-15)14-4-6-20(10-14)9-13-3-2-12(16)8-17-13/h2-3,5,7-8,14H,4,6,9-10H2,1H3,(H,18,19,22)/t14-/m0/s1. The number of nitrogens with zero attached hydrogens (tertiary/aromatic N) is 4. The molecule has 1 amide bonds. The van der Waals surface area contributed by atoms with E-state index in [-0.39, 0.29) is 5.91 Å². The minimum absolute atomic E-state index is 0.105. The van der Waals surface area contributed by atoms with Gasteiger partial charge in [-0.25, -0.2) is 0 Å². The number of likely N-dealkylation sites (tertiary alicyclic amines) is 1. The Kier molecular flexibility index (Phi) is 4.40. The average Bonchev–Trinajstić information content (AvgIpc) is 3.10. The number of pyridine rings is 1. The second-order valence-electron chi connectivity index (χ2n) is 5.51. The lowest BCUT2D eigenvalue weighted by atomic mass is 10.3. The lowest BCUT2D eigenvalue weighted by molar-refractivity contribution is -0.114. The van der Waals surface area contributed by atoms with E-state index in [2.05, 4.69) is 20.3 Å². The molecule has 1 N–H and O–H groups in total. The molecule has 1 atom stereocenters. The van der Waals surface area contributed by atoms with Gasteiger partial charge in [0, 0.05) is 45.0 Å². The zero-order valence-corrected chi connectivity index (χ0v) is 13.1. The predicted octanol–water partition coefficient (Wildman–Crippen LogP) is 2.34. The Morgan fingerprint density at radius 3 is 3.05 bits per heavy atom. The number of carbonyl (C=O) groups is 1. The number of amides is 1. The van der Waals surface area contributed by atoms with E-state index in [1.165, 1.54) is 6.92 Å². The Balaban J connectivity index is 1.58. The Morgan fingerprint density at radius 1 is 1.45 bits per heavy atom. The third kappa shape index (κ3) is 3.64. The van der Waals surface area contributed by atoms with Gasteiger partial charge in [-0.2, -0.15) is 5.10 Å². The van der Waals surface area contributed by atoms with Crippen molar-refractivity contribution in [3.05, 3.63) is 41.3 Å². The van der Waals surface area contributed by atoms with Crippen LogP contribution in [0.4, 0.5) is 5.82 Å². The highest BCUT2D eigenvalue weighted by molar-refractivity contribution is 6.30. The number of carbonyl (C=O) groups excluding carboxylic acids is 1. The predicted molar refractivity (Wildman–Crippen MR) is 84.7 cm³/mol. The number of anilines is 1. The molecule has 2 aromatic rings. The maximum atomic E-state index is 11.0. The van der Waals surface area contributed by atoms with Crippen LogP contribution >= 0.6 is 11.6 Å². The molecule has 3 heterocycles. The molecule has 1 aliphatic rings. The highest BCUT2D eigenvalue weighted by Gasteiger charge is 2.24. The lowest BCUT2D eigenvalue weighted by Gasteiger charge is -2.15. The van der Waals surface area contributed by atoms with Crippen LogP contribution in [-0.4, -0.2) is 38.7 Å². The van der Waals surface area contributed by atoms with Crippen molar-refractivity contribution in [3.63, 3.8) is 0 Å². The van der Waals surface area contributed by atoms with Gasteiger partial charge in [-0.1, -0.05) is 11.6 Å². The Morgan fingerprint density at radius 2 is 2.32 bits per heavy atom. The molecule has 6 nitrogen and oxygen atoms in total. The van der Waals surface area contributed by atoms with Crippen LogP contribution in [0.5, 0.6) is 0 Å². The molecule has 0 radical (unpaired) electrons. The van der Waals surface area contributed by atoms with E-state index in [4.69, 9.17) is 11.6 Å². The first-order valence-electron chi connectivity index (χ1n) is 7.26. The number of hydrogen-bond acceptors (Lipinski definition) is 4. The van der Waals surface area contributed by atoms with E-state index in [0.29, 0.717) is 16.9 Å². The fourth-order valence-corrected chi connectivity index (χ4v) is 2.80. The maximum Gasteiger partial charge on any atom is 0.222 e. The molecular weight excluding hydrogens is 302 g/mol. The van der Waals surface area contributed by atoms with E-state index >= 15 is 0 Å². The number of rotatable bonds is 4. The summed E-state index contributed by atoms with van der Waals surface area (Å²) in [6, 6.07) is 5.98. The van der Waals surface area contributed by atoms with Gasteiger partial charge in [-0.15, -0.1) is 0 Å². The average molecular weight is 320 g/mol. The van der Waals surface area contributed by atoms with Gasteiger partial charge in [-0.3, -0.25) is 19.4 Å². The van der Waals surface area contributed by atoms with Gasteiger partial charge in [0.25, 0.3) is 0 Å². The molecule has 22 heavy (non-hydrogen) atoms. The molecule has 0 aromatic carbocycles. The molecule has 0 aliphatic carbocycles. The molecule has 1 fully saturated rings. The molecule has 7 heteroatoms. The summed E-state index contributed by atoms with van der Waals surface area (Å²) in [5.74, 6) is 0.498. The monoisotopic (exact) mass is 319 g/mol. The molecule has 0 saturated carbocycles. The summed E-state index contributed by atoms with van der Waals surface area (Å²) >= 11 is 5.85. The van der Waals surface area contributed by atoms with E-state index in [1.54, 1.807) is 6.20 Å². The third-order valence-electron chi connectivity index (χ3n) is 3.71. The number of hydrogen-bond donors (Lipinski definition) is 1. The van der Waals surface area contributed by atoms with Crippen LogP contribution in [0.15, 0.2) is 30.6 Å². The number of aromatic nitrogens is 3. The van der Waals surface area contributed by atoms with Crippen LogP contribution in [0, 0.1) is 0 Å².